The van der Waals surface area contributed by atoms with Gasteiger partial charge in [0, 0.05) is 29.1 Å². The lowest BCUT2D eigenvalue weighted by Crippen LogP contribution is -2.63. The van der Waals surface area contributed by atoms with Crippen LogP contribution in [0.1, 0.15) is 19.4 Å². The third-order valence-electron chi connectivity index (χ3n) is 3.48. The minimum atomic E-state index is -0.512. The largest absolute Gasteiger partial charge is 0.387 e. The molecule has 1 aromatic rings. The standard InChI is InChI=1S/C13H17BrClNO/c1-9(2)13(17)7-16(8-13)6-10-3-4-11(14)5-12(10)15/h3-5,9,17H,6-8H2,1-2H3. The number of benzene rings is 1. The van der Waals surface area contributed by atoms with Crippen LogP contribution < -0.4 is 0 Å². The summed E-state index contributed by atoms with van der Waals surface area (Å²) in [5.74, 6) is 0.305. The van der Waals surface area contributed by atoms with Gasteiger partial charge < -0.3 is 5.11 Å². The molecule has 0 saturated carbocycles. The lowest BCUT2D eigenvalue weighted by atomic mass is 9.83. The van der Waals surface area contributed by atoms with E-state index in [0.717, 1.165) is 34.7 Å². The highest BCUT2D eigenvalue weighted by Crippen LogP contribution is 2.31. The summed E-state index contributed by atoms with van der Waals surface area (Å²) in [4.78, 5) is 2.22. The van der Waals surface area contributed by atoms with Crippen LogP contribution in [0.25, 0.3) is 0 Å². The number of hydrogen-bond acceptors (Lipinski definition) is 2. The molecule has 2 nitrogen and oxygen atoms in total. The van der Waals surface area contributed by atoms with Crippen molar-refractivity contribution in [3.05, 3.63) is 33.3 Å². The Kier molecular flexibility index (Phi) is 3.83. The third kappa shape index (κ3) is 2.84. The predicted octanol–water partition coefficient (Wildman–Crippen LogP) is 3.31. The molecule has 0 aromatic heterocycles. The Balaban J connectivity index is 1.96. The molecule has 1 aromatic carbocycles. The first-order valence-electron chi connectivity index (χ1n) is 5.79. The topological polar surface area (TPSA) is 23.5 Å². The van der Waals surface area contributed by atoms with E-state index in [4.69, 9.17) is 11.6 Å². The van der Waals surface area contributed by atoms with Gasteiger partial charge in [-0.1, -0.05) is 47.4 Å². The fourth-order valence-electron chi connectivity index (χ4n) is 2.10. The van der Waals surface area contributed by atoms with E-state index in [2.05, 4.69) is 34.7 Å². The first kappa shape index (κ1) is 13.3. The Morgan fingerprint density at radius 1 is 1.47 bits per heavy atom. The lowest BCUT2D eigenvalue weighted by molar-refractivity contribution is -0.130. The minimum absolute atomic E-state index is 0.305. The molecular weight excluding hydrogens is 302 g/mol. The van der Waals surface area contributed by atoms with Crippen LogP contribution in [-0.2, 0) is 6.54 Å². The zero-order valence-corrected chi connectivity index (χ0v) is 12.4. The highest BCUT2D eigenvalue weighted by atomic mass is 79.9. The maximum Gasteiger partial charge on any atom is 0.0923 e. The van der Waals surface area contributed by atoms with Crippen LogP contribution in [0.3, 0.4) is 0 Å². The van der Waals surface area contributed by atoms with Crippen molar-refractivity contribution in [3.8, 4) is 0 Å². The van der Waals surface area contributed by atoms with Gasteiger partial charge in [0.15, 0.2) is 0 Å². The molecule has 1 N–H and O–H groups in total. The van der Waals surface area contributed by atoms with Gasteiger partial charge in [0.2, 0.25) is 0 Å². The molecule has 1 aliphatic rings. The first-order chi connectivity index (χ1) is 7.90. The van der Waals surface area contributed by atoms with Gasteiger partial charge in [0.25, 0.3) is 0 Å². The van der Waals surface area contributed by atoms with Gasteiger partial charge in [-0.25, -0.2) is 0 Å². The van der Waals surface area contributed by atoms with E-state index in [9.17, 15) is 5.11 Å². The van der Waals surface area contributed by atoms with Crippen molar-refractivity contribution in [3.63, 3.8) is 0 Å². The van der Waals surface area contributed by atoms with Gasteiger partial charge in [-0.3, -0.25) is 4.90 Å². The number of rotatable bonds is 3. The Morgan fingerprint density at radius 3 is 2.65 bits per heavy atom. The van der Waals surface area contributed by atoms with Crippen molar-refractivity contribution in [1.82, 2.24) is 4.90 Å². The van der Waals surface area contributed by atoms with Gasteiger partial charge in [0.1, 0.15) is 0 Å². The molecule has 1 saturated heterocycles. The number of β-amino-alcohol motifs (C(OH)–C–C–N with tert-alkyl or cyclic N) is 1. The molecule has 1 fully saturated rings. The second kappa shape index (κ2) is 4.88. The first-order valence-corrected chi connectivity index (χ1v) is 6.96. The third-order valence-corrected chi connectivity index (χ3v) is 4.32. The number of halogens is 2. The monoisotopic (exact) mass is 317 g/mol. The van der Waals surface area contributed by atoms with Gasteiger partial charge in [-0.05, 0) is 23.6 Å². The van der Waals surface area contributed by atoms with Gasteiger partial charge in [-0.2, -0.15) is 0 Å². The maximum absolute atomic E-state index is 10.2. The Bertz CT molecular complexity index is 416. The van der Waals surface area contributed by atoms with E-state index in [-0.39, 0.29) is 0 Å². The van der Waals surface area contributed by atoms with Gasteiger partial charge in [-0.15, -0.1) is 0 Å². The second-order valence-corrected chi connectivity index (χ2v) is 6.46. The van der Waals surface area contributed by atoms with Crippen molar-refractivity contribution in [2.24, 2.45) is 5.92 Å². The van der Waals surface area contributed by atoms with E-state index >= 15 is 0 Å². The van der Waals surface area contributed by atoms with Crippen LogP contribution in [-0.4, -0.2) is 28.7 Å². The van der Waals surface area contributed by atoms with Crippen molar-refractivity contribution < 1.29 is 5.11 Å². The van der Waals surface area contributed by atoms with Crippen molar-refractivity contribution in [1.29, 1.82) is 0 Å². The summed E-state index contributed by atoms with van der Waals surface area (Å²) in [6.45, 7) is 6.39. The van der Waals surface area contributed by atoms with Crippen LogP contribution in [0.4, 0.5) is 0 Å². The molecule has 1 aliphatic heterocycles. The summed E-state index contributed by atoms with van der Waals surface area (Å²) in [6, 6.07) is 5.93. The Morgan fingerprint density at radius 2 is 2.12 bits per heavy atom. The van der Waals surface area contributed by atoms with Crippen molar-refractivity contribution in [2.75, 3.05) is 13.1 Å². The van der Waals surface area contributed by atoms with E-state index in [0.29, 0.717) is 5.92 Å². The summed E-state index contributed by atoms with van der Waals surface area (Å²) in [7, 11) is 0. The van der Waals surface area contributed by atoms with Crippen LogP contribution in [0.5, 0.6) is 0 Å². The smallest absolute Gasteiger partial charge is 0.0923 e. The molecule has 1 heterocycles. The van der Waals surface area contributed by atoms with Crippen LogP contribution in [0, 0.1) is 5.92 Å². The SMILES string of the molecule is CC(C)C1(O)CN(Cc2ccc(Br)cc2Cl)C1. The normalized spacial score (nSPS) is 19.4. The van der Waals surface area contributed by atoms with Gasteiger partial charge in [0.05, 0.1) is 5.60 Å². The summed E-state index contributed by atoms with van der Waals surface area (Å²) < 4.78 is 0.994. The highest BCUT2D eigenvalue weighted by molar-refractivity contribution is 9.10. The zero-order chi connectivity index (χ0) is 12.6. The molecule has 0 atom stereocenters. The number of nitrogens with zero attached hydrogens (tertiary/aromatic N) is 1. The molecule has 4 heteroatoms. The quantitative estimate of drug-likeness (QED) is 0.924. The molecule has 94 valence electrons. The molecular formula is C13H17BrClNO. The molecule has 0 unspecified atom stereocenters. The van der Waals surface area contributed by atoms with Crippen molar-refractivity contribution >= 4 is 27.5 Å². The molecule has 0 amide bonds. The predicted molar refractivity (Wildman–Crippen MR) is 74.2 cm³/mol. The van der Waals surface area contributed by atoms with E-state index < -0.39 is 5.60 Å². The van der Waals surface area contributed by atoms with Crippen LogP contribution >= 0.6 is 27.5 Å². The number of aliphatic hydroxyl groups is 1. The molecule has 2 rings (SSSR count). The maximum atomic E-state index is 10.2. The average Bonchev–Trinajstić information content (AvgIpc) is 2.19. The zero-order valence-electron chi connectivity index (χ0n) is 10.1. The summed E-state index contributed by atoms with van der Waals surface area (Å²) in [5, 5.41) is 10.9. The summed E-state index contributed by atoms with van der Waals surface area (Å²) >= 11 is 9.56. The van der Waals surface area contributed by atoms with Gasteiger partial charge >= 0.3 is 0 Å². The van der Waals surface area contributed by atoms with Crippen LogP contribution in [0.15, 0.2) is 22.7 Å². The summed E-state index contributed by atoms with van der Waals surface area (Å²) in [5.41, 5.74) is 0.600. The molecule has 0 spiro atoms. The lowest BCUT2D eigenvalue weighted by Gasteiger charge is -2.49. The molecule has 0 aliphatic carbocycles. The fraction of sp³-hybridized carbons (Fsp3) is 0.538. The average molecular weight is 319 g/mol. The Hall–Kier alpha value is -0.0900. The van der Waals surface area contributed by atoms with Crippen molar-refractivity contribution in [2.45, 2.75) is 26.0 Å². The number of hydrogen-bond donors (Lipinski definition) is 1. The van der Waals surface area contributed by atoms with E-state index in [1.165, 1.54) is 0 Å². The summed E-state index contributed by atoms with van der Waals surface area (Å²) in [6.07, 6.45) is 0. The Labute approximate surface area is 116 Å². The highest BCUT2D eigenvalue weighted by Gasteiger charge is 2.43. The number of likely N-dealkylation sites (tertiary alicyclic amines) is 1. The van der Waals surface area contributed by atoms with Crippen LogP contribution in [0.2, 0.25) is 5.02 Å². The van der Waals surface area contributed by atoms with E-state index in [1.54, 1.807) is 0 Å². The van der Waals surface area contributed by atoms with E-state index in [1.807, 2.05) is 18.2 Å². The molecule has 0 radical (unpaired) electrons. The molecule has 17 heavy (non-hydrogen) atoms. The fourth-order valence-corrected chi connectivity index (χ4v) is 2.83. The minimum Gasteiger partial charge on any atom is -0.387 e. The molecule has 0 bridgehead atoms. The second-order valence-electron chi connectivity index (χ2n) is 5.14.